The van der Waals surface area contributed by atoms with Crippen molar-refractivity contribution in [1.82, 2.24) is 15.5 Å². The number of benzene rings is 2. The molecule has 0 saturated heterocycles. The minimum atomic E-state index is -0.682. The van der Waals surface area contributed by atoms with E-state index in [1.807, 2.05) is 42.5 Å². The van der Waals surface area contributed by atoms with Gasteiger partial charge in [0.25, 0.3) is 5.91 Å². The molecule has 0 aliphatic carbocycles. The topological polar surface area (TPSA) is 91.8 Å². The molecule has 8 nitrogen and oxygen atoms in total. The summed E-state index contributed by atoms with van der Waals surface area (Å²) in [7, 11) is 1.56. The van der Waals surface area contributed by atoms with E-state index in [2.05, 4.69) is 15.5 Å². The van der Waals surface area contributed by atoms with Gasteiger partial charge in [-0.3, -0.25) is 4.79 Å². The monoisotopic (exact) mass is 419 g/mol. The maximum absolute atomic E-state index is 12.5. The molecule has 2 aliphatic heterocycles. The Morgan fingerprint density at radius 3 is 2.74 bits per heavy atom. The number of rotatable bonds is 5. The van der Waals surface area contributed by atoms with E-state index >= 15 is 0 Å². The second-order valence-electron chi connectivity index (χ2n) is 7.34. The van der Waals surface area contributed by atoms with Crippen LogP contribution >= 0.6 is 0 Å². The van der Waals surface area contributed by atoms with Crippen LogP contribution in [0.1, 0.15) is 5.56 Å². The zero-order valence-electron chi connectivity index (χ0n) is 16.9. The fraction of sp³-hybridized carbons (Fsp3) is 0.261. The summed E-state index contributed by atoms with van der Waals surface area (Å²) in [5.41, 5.74) is 2.78. The summed E-state index contributed by atoms with van der Waals surface area (Å²) in [5.74, 6) is 2.30. The van der Waals surface area contributed by atoms with Crippen molar-refractivity contribution in [3.05, 3.63) is 60.2 Å². The summed E-state index contributed by atoms with van der Waals surface area (Å²) < 4.78 is 22.4. The van der Waals surface area contributed by atoms with Gasteiger partial charge in [-0.05, 0) is 42.0 Å². The van der Waals surface area contributed by atoms with E-state index < -0.39 is 6.10 Å². The highest BCUT2D eigenvalue weighted by Crippen LogP contribution is 2.33. The van der Waals surface area contributed by atoms with Crippen LogP contribution in [-0.2, 0) is 11.2 Å². The third kappa shape index (κ3) is 3.96. The molecule has 31 heavy (non-hydrogen) atoms. The normalized spacial score (nSPS) is 18.6. The van der Waals surface area contributed by atoms with Crippen LogP contribution in [0.3, 0.4) is 0 Å². The van der Waals surface area contributed by atoms with Gasteiger partial charge in [0, 0.05) is 18.1 Å². The molecule has 0 radical (unpaired) electrons. The number of para-hydroxylation sites is 2. The molecule has 0 spiro atoms. The van der Waals surface area contributed by atoms with Gasteiger partial charge in [0.2, 0.25) is 12.0 Å². The SMILES string of the molecule is COc1ccc(-c2ccc3c(c2)C[C@H](CNC(=O)[C@@H]2COc4ccccc4O2)O3)nn1. The van der Waals surface area contributed by atoms with Crippen LogP contribution in [-0.4, -0.2) is 48.6 Å². The molecule has 5 rings (SSSR count). The van der Waals surface area contributed by atoms with Crippen molar-refractivity contribution in [3.63, 3.8) is 0 Å². The van der Waals surface area contributed by atoms with Gasteiger partial charge in [-0.25, -0.2) is 0 Å². The first-order valence-corrected chi connectivity index (χ1v) is 10.0. The smallest absolute Gasteiger partial charge is 0.264 e. The number of amides is 1. The zero-order valence-corrected chi connectivity index (χ0v) is 16.9. The van der Waals surface area contributed by atoms with Gasteiger partial charge in [0.05, 0.1) is 19.3 Å². The summed E-state index contributed by atoms with van der Waals surface area (Å²) in [6, 6.07) is 16.9. The number of ether oxygens (including phenoxy) is 4. The minimum Gasteiger partial charge on any atom is -0.488 e. The Morgan fingerprint density at radius 1 is 1.06 bits per heavy atom. The fourth-order valence-electron chi connectivity index (χ4n) is 3.65. The van der Waals surface area contributed by atoms with Gasteiger partial charge in [0.1, 0.15) is 18.5 Å². The van der Waals surface area contributed by atoms with Crippen molar-refractivity contribution in [2.24, 2.45) is 0 Å². The number of hydrogen-bond donors (Lipinski definition) is 1. The van der Waals surface area contributed by atoms with E-state index in [1.165, 1.54) is 0 Å². The standard InChI is InChI=1S/C23H21N3O5/c1-28-22-9-7-17(25-26-22)14-6-8-18-15(10-14)11-16(30-18)12-24-23(27)21-13-29-19-4-2-3-5-20(19)31-21/h2-10,16,21H,11-13H2,1H3,(H,24,27)/t16-,21+/m1/s1. The molecule has 1 N–H and O–H groups in total. The second kappa shape index (κ2) is 8.14. The van der Waals surface area contributed by atoms with Crippen LogP contribution < -0.4 is 24.3 Å². The molecule has 3 heterocycles. The number of fused-ring (bicyclic) bond motifs is 2. The predicted octanol–water partition coefficient (Wildman–Crippen LogP) is 2.41. The quantitative estimate of drug-likeness (QED) is 0.679. The zero-order chi connectivity index (χ0) is 21.2. The molecule has 8 heteroatoms. The summed E-state index contributed by atoms with van der Waals surface area (Å²) in [6.45, 7) is 0.563. The van der Waals surface area contributed by atoms with E-state index in [9.17, 15) is 4.79 Å². The van der Waals surface area contributed by atoms with Crippen LogP contribution in [0.25, 0.3) is 11.3 Å². The Balaban J connectivity index is 1.18. The number of hydrogen-bond acceptors (Lipinski definition) is 7. The predicted molar refractivity (Wildman–Crippen MR) is 112 cm³/mol. The maximum atomic E-state index is 12.5. The van der Waals surface area contributed by atoms with Crippen LogP contribution in [0.2, 0.25) is 0 Å². The number of nitrogens with one attached hydrogen (secondary N) is 1. The van der Waals surface area contributed by atoms with Crippen LogP contribution in [0.15, 0.2) is 54.6 Å². The first-order chi connectivity index (χ1) is 15.2. The third-order valence-electron chi connectivity index (χ3n) is 5.25. The van der Waals surface area contributed by atoms with Crippen molar-refractivity contribution < 1.29 is 23.7 Å². The van der Waals surface area contributed by atoms with Gasteiger partial charge in [-0.1, -0.05) is 12.1 Å². The van der Waals surface area contributed by atoms with E-state index in [0.29, 0.717) is 30.3 Å². The molecule has 0 unspecified atom stereocenters. The molecular formula is C23H21N3O5. The first kappa shape index (κ1) is 19.2. The molecular weight excluding hydrogens is 398 g/mol. The van der Waals surface area contributed by atoms with E-state index in [0.717, 1.165) is 22.6 Å². The lowest BCUT2D eigenvalue weighted by Crippen LogP contribution is -2.46. The van der Waals surface area contributed by atoms with E-state index in [1.54, 1.807) is 19.2 Å². The lowest BCUT2D eigenvalue weighted by Gasteiger charge is -2.25. The Kier molecular flexibility index (Phi) is 5.03. The Bertz CT molecular complexity index is 1100. The number of methoxy groups -OCH3 is 1. The van der Waals surface area contributed by atoms with Gasteiger partial charge in [-0.15, -0.1) is 10.2 Å². The first-order valence-electron chi connectivity index (χ1n) is 10.0. The minimum absolute atomic E-state index is 0.145. The van der Waals surface area contributed by atoms with Gasteiger partial charge >= 0.3 is 0 Å². The molecule has 1 amide bonds. The summed E-state index contributed by atoms with van der Waals surface area (Å²) in [6.07, 6.45) is -0.135. The van der Waals surface area contributed by atoms with Crippen molar-refractivity contribution in [3.8, 4) is 34.4 Å². The summed E-state index contributed by atoms with van der Waals surface area (Å²) in [4.78, 5) is 12.5. The third-order valence-corrected chi connectivity index (χ3v) is 5.25. The van der Waals surface area contributed by atoms with Crippen molar-refractivity contribution in [1.29, 1.82) is 0 Å². The molecule has 0 saturated carbocycles. The molecule has 0 bridgehead atoms. The average molecular weight is 419 g/mol. The van der Waals surface area contributed by atoms with Crippen molar-refractivity contribution in [2.45, 2.75) is 18.6 Å². The van der Waals surface area contributed by atoms with Crippen LogP contribution in [0.5, 0.6) is 23.1 Å². The number of carbonyl (C=O) groups excluding carboxylic acids is 1. The maximum Gasteiger partial charge on any atom is 0.264 e. The lowest BCUT2D eigenvalue weighted by atomic mass is 10.0. The van der Waals surface area contributed by atoms with Gasteiger partial charge in [-0.2, -0.15) is 0 Å². The van der Waals surface area contributed by atoms with E-state index in [-0.39, 0.29) is 18.6 Å². The lowest BCUT2D eigenvalue weighted by molar-refractivity contribution is -0.130. The van der Waals surface area contributed by atoms with Crippen LogP contribution in [0, 0.1) is 0 Å². The largest absolute Gasteiger partial charge is 0.488 e. The molecule has 0 fully saturated rings. The van der Waals surface area contributed by atoms with Gasteiger partial charge in [0.15, 0.2) is 11.5 Å². The average Bonchev–Trinajstić information content (AvgIpc) is 3.24. The van der Waals surface area contributed by atoms with Crippen molar-refractivity contribution >= 4 is 5.91 Å². The van der Waals surface area contributed by atoms with Crippen LogP contribution in [0.4, 0.5) is 0 Å². The molecule has 2 atom stereocenters. The number of aromatic nitrogens is 2. The molecule has 158 valence electrons. The highest BCUT2D eigenvalue weighted by Gasteiger charge is 2.29. The van der Waals surface area contributed by atoms with Gasteiger partial charge < -0.3 is 24.3 Å². The molecule has 3 aromatic rings. The summed E-state index contributed by atoms with van der Waals surface area (Å²) >= 11 is 0. The second-order valence-corrected chi connectivity index (χ2v) is 7.34. The Hall–Kier alpha value is -3.81. The van der Waals surface area contributed by atoms with Crippen molar-refractivity contribution in [2.75, 3.05) is 20.3 Å². The fourth-order valence-corrected chi connectivity index (χ4v) is 3.65. The highest BCUT2D eigenvalue weighted by atomic mass is 16.6. The summed E-state index contributed by atoms with van der Waals surface area (Å²) in [5, 5.41) is 11.1. The molecule has 2 aliphatic rings. The number of carbonyl (C=O) groups is 1. The highest BCUT2D eigenvalue weighted by molar-refractivity contribution is 5.81. The number of nitrogens with zero attached hydrogens (tertiary/aromatic N) is 2. The van der Waals surface area contributed by atoms with E-state index in [4.69, 9.17) is 18.9 Å². The molecule has 2 aromatic carbocycles. The molecule has 1 aromatic heterocycles. The Morgan fingerprint density at radius 2 is 1.94 bits per heavy atom. The Labute approximate surface area is 179 Å².